The summed E-state index contributed by atoms with van der Waals surface area (Å²) < 4.78 is 38.9. The van der Waals surface area contributed by atoms with Crippen LogP contribution in [-0.4, -0.2) is 15.9 Å². The molecule has 0 atom stereocenters. The van der Waals surface area contributed by atoms with Crippen LogP contribution in [0.2, 0.25) is 5.02 Å². The summed E-state index contributed by atoms with van der Waals surface area (Å²) in [5.41, 5.74) is 0.473. The Morgan fingerprint density at radius 2 is 1.88 bits per heavy atom. The number of anilines is 1. The van der Waals surface area contributed by atoms with E-state index in [2.05, 4.69) is 15.3 Å². The molecule has 9 heteroatoms. The van der Waals surface area contributed by atoms with Crippen molar-refractivity contribution >= 4 is 44.7 Å². The minimum atomic E-state index is -4.60. The van der Waals surface area contributed by atoms with Crippen molar-refractivity contribution in [3.8, 4) is 0 Å². The van der Waals surface area contributed by atoms with Crippen LogP contribution in [-0.2, 0) is 6.18 Å². The molecule has 2 heterocycles. The molecule has 3 rings (SSSR count). The van der Waals surface area contributed by atoms with Gasteiger partial charge in [-0.15, -0.1) is 11.3 Å². The molecule has 26 heavy (non-hydrogen) atoms. The number of benzene rings is 1. The maximum atomic E-state index is 13.0. The number of fused-ring (bicyclic) bond motifs is 1. The summed E-state index contributed by atoms with van der Waals surface area (Å²) in [6.07, 6.45) is -4.60. The molecule has 0 fully saturated rings. The molecule has 0 aliphatic rings. The van der Waals surface area contributed by atoms with Gasteiger partial charge in [0.05, 0.1) is 15.5 Å². The van der Waals surface area contributed by atoms with Crippen LogP contribution in [0.5, 0.6) is 0 Å². The van der Waals surface area contributed by atoms with Gasteiger partial charge in [0.15, 0.2) is 0 Å². The van der Waals surface area contributed by atoms with Crippen molar-refractivity contribution in [1.82, 2.24) is 9.97 Å². The van der Waals surface area contributed by atoms with Crippen molar-refractivity contribution in [1.29, 1.82) is 0 Å². The van der Waals surface area contributed by atoms with E-state index in [1.54, 1.807) is 13.8 Å². The van der Waals surface area contributed by atoms with Crippen LogP contribution in [0.25, 0.3) is 10.2 Å². The fraction of sp³-hybridized carbons (Fsp3) is 0.235. The van der Waals surface area contributed by atoms with Crippen LogP contribution >= 0.6 is 22.9 Å². The number of nitrogens with zero attached hydrogens (tertiary/aromatic N) is 2. The molecule has 0 radical (unpaired) electrons. The van der Waals surface area contributed by atoms with Gasteiger partial charge in [-0.1, -0.05) is 11.6 Å². The fourth-order valence-electron chi connectivity index (χ4n) is 2.70. The van der Waals surface area contributed by atoms with Gasteiger partial charge in [-0.05, 0) is 44.5 Å². The molecule has 136 valence electrons. The highest BCUT2D eigenvalue weighted by molar-refractivity contribution is 7.20. The Bertz CT molecular complexity index is 1030. The average molecular weight is 400 g/mol. The first kappa shape index (κ1) is 18.6. The van der Waals surface area contributed by atoms with Crippen molar-refractivity contribution < 1.29 is 18.0 Å². The summed E-state index contributed by atoms with van der Waals surface area (Å²) in [6, 6.07) is 3.25. The Labute approximate surface area is 156 Å². The molecule has 0 saturated heterocycles. The van der Waals surface area contributed by atoms with Crippen molar-refractivity contribution in [3.63, 3.8) is 0 Å². The van der Waals surface area contributed by atoms with Gasteiger partial charge < -0.3 is 5.32 Å². The molecular formula is C17H13ClF3N3OS. The van der Waals surface area contributed by atoms with Gasteiger partial charge in [0.1, 0.15) is 10.7 Å². The number of halogens is 4. The average Bonchev–Trinajstić information content (AvgIpc) is 2.85. The first-order valence-corrected chi connectivity index (χ1v) is 8.70. The molecule has 0 bridgehead atoms. The number of nitrogens with one attached hydrogen (secondary N) is 1. The predicted octanol–water partition coefficient (Wildman–Crippen LogP) is 5.54. The first-order chi connectivity index (χ1) is 12.1. The quantitative estimate of drug-likeness (QED) is 0.615. The van der Waals surface area contributed by atoms with Gasteiger partial charge >= 0.3 is 6.18 Å². The lowest BCUT2D eigenvalue weighted by atomic mass is 10.1. The molecular weight excluding hydrogens is 387 g/mol. The SMILES string of the molecule is Cc1nc(C)c2c(C)c(C(=O)Nc3ccc(Cl)c(C(F)(F)F)c3)sc2n1. The Morgan fingerprint density at radius 1 is 1.19 bits per heavy atom. The number of carbonyl (C=O) groups excluding carboxylic acids is 1. The van der Waals surface area contributed by atoms with E-state index >= 15 is 0 Å². The largest absolute Gasteiger partial charge is 0.417 e. The lowest BCUT2D eigenvalue weighted by Gasteiger charge is -2.11. The Kier molecular flexibility index (Phi) is 4.66. The minimum Gasteiger partial charge on any atom is -0.321 e. The summed E-state index contributed by atoms with van der Waals surface area (Å²) in [7, 11) is 0. The number of alkyl halides is 3. The molecule has 0 aliphatic heterocycles. The van der Waals surface area contributed by atoms with Crippen LogP contribution in [0.3, 0.4) is 0 Å². The van der Waals surface area contributed by atoms with Crippen LogP contribution < -0.4 is 5.32 Å². The maximum Gasteiger partial charge on any atom is 0.417 e. The van der Waals surface area contributed by atoms with Crippen molar-refractivity contribution in [2.45, 2.75) is 26.9 Å². The third-order valence-electron chi connectivity index (χ3n) is 3.82. The summed E-state index contributed by atoms with van der Waals surface area (Å²) in [6.45, 7) is 5.35. The summed E-state index contributed by atoms with van der Waals surface area (Å²) >= 11 is 6.78. The third-order valence-corrected chi connectivity index (χ3v) is 5.33. The molecule has 0 saturated carbocycles. The van der Waals surface area contributed by atoms with Crippen molar-refractivity contribution in [2.24, 2.45) is 0 Å². The Hall–Kier alpha value is -2.19. The summed E-state index contributed by atoms with van der Waals surface area (Å²) in [5, 5.41) is 2.87. The van der Waals surface area contributed by atoms with Crippen LogP contribution in [0.1, 0.15) is 32.3 Å². The number of amides is 1. The van der Waals surface area contributed by atoms with Crippen LogP contribution in [0.4, 0.5) is 18.9 Å². The topological polar surface area (TPSA) is 54.9 Å². The van der Waals surface area contributed by atoms with Gasteiger partial charge in [-0.25, -0.2) is 9.97 Å². The zero-order valence-corrected chi connectivity index (χ0v) is 15.5. The zero-order valence-electron chi connectivity index (χ0n) is 14.0. The van der Waals surface area contributed by atoms with Gasteiger partial charge in [0, 0.05) is 16.8 Å². The second-order valence-electron chi connectivity index (χ2n) is 5.74. The third kappa shape index (κ3) is 3.39. The van der Waals surface area contributed by atoms with Gasteiger partial charge in [-0.2, -0.15) is 13.2 Å². The van der Waals surface area contributed by atoms with E-state index in [1.165, 1.54) is 17.4 Å². The lowest BCUT2D eigenvalue weighted by molar-refractivity contribution is -0.137. The Balaban J connectivity index is 1.98. The maximum absolute atomic E-state index is 13.0. The van der Waals surface area contributed by atoms with E-state index in [0.29, 0.717) is 21.1 Å². The van der Waals surface area contributed by atoms with E-state index in [1.807, 2.05) is 6.92 Å². The highest BCUT2D eigenvalue weighted by Gasteiger charge is 2.33. The monoisotopic (exact) mass is 399 g/mol. The number of aromatic nitrogens is 2. The summed E-state index contributed by atoms with van der Waals surface area (Å²) in [4.78, 5) is 22.3. The van der Waals surface area contributed by atoms with Crippen LogP contribution in [0, 0.1) is 20.8 Å². The predicted molar refractivity (Wildman–Crippen MR) is 96.0 cm³/mol. The Morgan fingerprint density at radius 3 is 2.54 bits per heavy atom. The number of hydrogen-bond donors (Lipinski definition) is 1. The molecule has 2 aromatic heterocycles. The highest BCUT2D eigenvalue weighted by atomic mass is 35.5. The van der Waals surface area contributed by atoms with E-state index < -0.39 is 22.7 Å². The molecule has 4 nitrogen and oxygen atoms in total. The lowest BCUT2D eigenvalue weighted by Crippen LogP contribution is -2.13. The smallest absolute Gasteiger partial charge is 0.321 e. The zero-order chi connectivity index (χ0) is 19.2. The van der Waals surface area contributed by atoms with E-state index in [4.69, 9.17) is 11.6 Å². The number of hydrogen-bond acceptors (Lipinski definition) is 4. The number of thiophene rings is 1. The molecule has 0 spiro atoms. The highest BCUT2D eigenvalue weighted by Crippen LogP contribution is 2.37. The van der Waals surface area contributed by atoms with Crippen molar-refractivity contribution in [2.75, 3.05) is 5.32 Å². The number of aryl methyl sites for hydroxylation is 3. The first-order valence-electron chi connectivity index (χ1n) is 7.50. The van der Waals surface area contributed by atoms with Crippen molar-refractivity contribution in [3.05, 3.63) is 50.7 Å². The number of rotatable bonds is 2. The second-order valence-corrected chi connectivity index (χ2v) is 7.15. The second kappa shape index (κ2) is 6.51. The van der Waals surface area contributed by atoms with E-state index in [-0.39, 0.29) is 5.69 Å². The minimum absolute atomic E-state index is 0.0163. The van der Waals surface area contributed by atoms with Gasteiger partial charge in [0.2, 0.25) is 0 Å². The number of carbonyl (C=O) groups is 1. The molecule has 3 aromatic rings. The normalized spacial score (nSPS) is 11.8. The molecule has 1 N–H and O–H groups in total. The molecule has 1 amide bonds. The standard InChI is InChI=1S/C17H13ClF3N3OS/c1-7-13-8(2)22-9(3)23-16(13)26-14(7)15(25)24-10-4-5-12(18)11(6-10)17(19,20)21/h4-6H,1-3H3,(H,24,25). The van der Waals surface area contributed by atoms with Gasteiger partial charge in [-0.3, -0.25) is 4.79 Å². The van der Waals surface area contributed by atoms with E-state index in [9.17, 15) is 18.0 Å². The van der Waals surface area contributed by atoms with Crippen LogP contribution in [0.15, 0.2) is 18.2 Å². The fourth-order valence-corrected chi connectivity index (χ4v) is 4.10. The summed E-state index contributed by atoms with van der Waals surface area (Å²) in [5.74, 6) is 0.0914. The molecule has 1 aromatic carbocycles. The molecule has 0 unspecified atom stereocenters. The molecule has 0 aliphatic carbocycles. The van der Waals surface area contributed by atoms with E-state index in [0.717, 1.165) is 23.2 Å². The van der Waals surface area contributed by atoms with Gasteiger partial charge in [0.25, 0.3) is 5.91 Å².